The van der Waals surface area contributed by atoms with Crippen molar-refractivity contribution in [3.05, 3.63) is 0 Å². The van der Waals surface area contributed by atoms with Gasteiger partial charge in [-0.3, -0.25) is 14.9 Å². The third-order valence-electron chi connectivity index (χ3n) is 2.08. The van der Waals surface area contributed by atoms with Gasteiger partial charge in [0.15, 0.2) is 6.10 Å². The molecule has 8 nitrogen and oxygen atoms in total. The smallest absolute Gasteiger partial charge is 0.334 e. The first-order valence-electron chi connectivity index (χ1n) is 4.69. The van der Waals surface area contributed by atoms with Crippen molar-refractivity contribution in [1.82, 2.24) is 16.0 Å². The summed E-state index contributed by atoms with van der Waals surface area (Å²) in [4.78, 5) is 32.4. The van der Waals surface area contributed by atoms with Gasteiger partial charge in [-0.2, -0.15) is 0 Å². The van der Waals surface area contributed by atoms with E-state index in [9.17, 15) is 14.4 Å². The summed E-state index contributed by atoms with van der Waals surface area (Å²) < 4.78 is 0. The Kier molecular flexibility index (Phi) is 4.20. The standard InChI is InChI=1S/C8H13N3O5/c12-5(8(15)16)2-11-7(14)4-1-10-6(13)3-9-4/h4-5,9,12H,1-3H2,(H,10,13)(H,11,14)(H,15,16)/t4?,5-/m0/s1. The van der Waals surface area contributed by atoms with Gasteiger partial charge in [-0.05, 0) is 0 Å². The van der Waals surface area contributed by atoms with E-state index in [1.54, 1.807) is 0 Å². The van der Waals surface area contributed by atoms with Crippen molar-refractivity contribution in [1.29, 1.82) is 0 Å². The van der Waals surface area contributed by atoms with Crippen LogP contribution in [0.5, 0.6) is 0 Å². The van der Waals surface area contributed by atoms with E-state index < -0.39 is 24.0 Å². The molecular formula is C8H13N3O5. The van der Waals surface area contributed by atoms with Gasteiger partial charge in [0.2, 0.25) is 11.8 Å². The molecule has 0 spiro atoms. The Hall–Kier alpha value is -1.67. The van der Waals surface area contributed by atoms with Gasteiger partial charge in [0.1, 0.15) is 6.04 Å². The Morgan fingerprint density at radius 1 is 1.56 bits per heavy atom. The van der Waals surface area contributed by atoms with Crippen molar-refractivity contribution in [3.8, 4) is 0 Å². The van der Waals surface area contributed by atoms with Gasteiger partial charge in [0.25, 0.3) is 0 Å². The molecule has 0 aromatic carbocycles. The van der Waals surface area contributed by atoms with Gasteiger partial charge >= 0.3 is 5.97 Å². The first-order valence-corrected chi connectivity index (χ1v) is 4.69. The molecule has 0 radical (unpaired) electrons. The SMILES string of the molecule is O=C1CNC(C(=O)NC[C@H](O)C(=O)O)CN1. The number of piperazine rings is 1. The molecule has 90 valence electrons. The molecule has 1 aliphatic rings. The van der Waals surface area contributed by atoms with Crippen molar-refractivity contribution >= 4 is 17.8 Å². The Morgan fingerprint density at radius 3 is 2.75 bits per heavy atom. The summed E-state index contributed by atoms with van der Waals surface area (Å²) in [5.74, 6) is -2.06. The number of aliphatic hydroxyl groups is 1. The molecule has 1 rings (SSSR count). The molecule has 0 aliphatic carbocycles. The fourth-order valence-corrected chi connectivity index (χ4v) is 1.16. The highest BCUT2D eigenvalue weighted by atomic mass is 16.4. The van der Waals surface area contributed by atoms with E-state index in [1.807, 2.05) is 0 Å². The summed E-state index contributed by atoms with van der Waals surface area (Å²) in [6, 6.07) is -0.598. The number of hydrogen-bond donors (Lipinski definition) is 5. The Bertz CT molecular complexity index is 296. The number of carbonyl (C=O) groups excluding carboxylic acids is 2. The predicted molar refractivity (Wildman–Crippen MR) is 51.5 cm³/mol. The molecule has 1 aliphatic heterocycles. The quantitative estimate of drug-likeness (QED) is 0.344. The molecule has 16 heavy (non-hydrogen) atoms. The number of amides is 2. The highest BCUT2D eigenvalue weighted by molar-refractivity contribution is 5.87. The Morgan fingerprint density at radius 2 is 2.25 bits per heavy atom. The van der Waals surface area contributed by atoms with Gasteiger partial charge in [0.05, 0.1) is 13.1 Å². The molecule has 1 heterocycles. The largest absolute Gasteiger partial charge is 0.479 e. The molecule has 2 atom stereocenters. The van der Waals surface area contributed by atoms with E-state index in [-0.39, 0.29) is 25.5 Å². The van der Waals surface area contributed by atoms with Crippen molar-refractivity contribution in [2.24, 2.45) is 0 Å². The lowest BCUT2D eigenvalue weighted by Crippen LogP contribution is -2.58. The van der Waals surface area contributed by atoms with Crippen molar-refractivity contribution in [3.63, 3.8) is 0 Å². The zero-order chi connectivity index (χ0) is 12.1. The van der Waals surface area contributed by atoms with Crippen molar-refractivity contribution < 1.29 is 24.6 Å². The van der Waals surface area contributed by atoms with Crippen LogP contribution in [0.2, 0.25) is 0 Å². The second-order valence-corrected chi connectivity index (χ2v) is 3.34. The lowest BCUT2D eigenvalue weighted by molar-refractivity contribution is -0.146. The molecule has 8 heteroatoms. The number of carboxylic acid groups (broad SMARTS) is 1. The number of carbonyl (C=O) groups is 3. The molecule has 0 aromatic rings. The third-order valence-corrected chi connectivity index (χ3v) is 2.08. The molecule has 5 N–H and O–H groups in total. The highest BCUT2D eigenvalue weighted by Gasteiger charge is 2.24. The van der Waals surface area contributed by atoms with Crippen molar-refractivity contribution in [2.45, 2.75) is 12.1 Å². The van der Waals surface area contributed by atoms with Gasteiger partial charge in [-0.25, -0.2) is 4.79 Å². The molecular weight excluding hydrogens is 218 g/mol. The number of aliphatic carboxylic acids is 1. The zero-order valence-electron chi connectivity index (χ0n) is 8.40. The number of carboxylic acids is 1. The minimum atomic E-state index is -1.62. The summed E-state index contributed by atoms with van der Waals surface area (Å²) in [5.41, 5.74) is 0. The van der Waals surface area contributed by atoms with Crippen LogP contribution in [-0.2, 0) is 14.4 Å². The summed E-state index contributed by atoms with van der Waals surface area (Å²) >= 11 is 0. The molecule has 2 amide bonds. The van der Waals surface area contributed by atoms with Crippen LogP contribution in [0, 0.1) is 0 Å². The lowest BCUT2D eigenvalue weighted by atomic mass is 10.2. The maximum absolute atomic E-state index is 11.4. The second-order valence-electron chi connectivity index (χ2n) is 3.34. The maximum Gasteiger partial charge on any atom is 0.334 e. The fraction of sp³-hybridized carbons (Fsp3) is 0.625. The van der Waals surface area contributed by atoms with Crippen LogP contribution < -0.4 is 16.0 Å². The van der Waals surface area contributed by atoms with Crippen LogP contribution in [0.3, 0.4) is 0 Å². The van der Waals surface area contributed by atoms with E-state index >= 15 is 0 Å². The summed E-state index contributed by atoms with van der Waals surface area (Å²) in [6.07, 6.45) is -1.62. The molecule has 1 saturated heterocycles. The Labute approximate surface area is 91.0 Å². The normalized spacial score (nSPS) is 22.1. The van der Waals surface area contributed by atoms with Crippen LogP contribution in [0.1, 0.15) is 0 Å². The van der Waals surface area contributed by atoms with E-state index in [0.29, 0.717) is 0 Å². The van der Waals surface area contributed by atoms with Crippen LogP contribution >= 0.6 is 0 Å². The van der Waals surface area contributed by atoms with Crippen LogP contribution in [-0.4, -0.2) is 59.8 Å². The summed E-state index contributed by atoms with van der Waals surface area (Å²) in [5, 5.41) is 24.7. The van der Waals surface area contributed by atoms with E-state index in [0.717, 1.165) is 0 Å². The van der Waals surface area contributed by atoms with Gasteiger partial charge in [-0.15, -0.1) is 0 Å². The molecule has 1 fully saturated rings. The monoisotopic (exact) mass is 231 g/mol. The summed E-state index contributed by atoms with van der Waals surface area (Å²) in [7, 11) is 0. The Balaban J connectivity index is 2.30. The van der Waals surface area contributed by atoms with Crippen LogP contribution in [0.4, 0.5) is 0 Å². The van der Waals surface area contributed by atoms with E-state index in [1.165, 1.54) is 0 Å². The molecule has 0 aromatic heterocycles. The predicted octanol–water partition coefficient (Wildman–Crippen LogP) is -3.36. The highest BCUT2D eigenvalue weighted by Crippen LogP contribution is 1.89. The lowest BCUT2D eigenvalue weighted by Gasteiger charge is -2.23. The van der Waals surface area contributed by atoms with Crippen molar-refractivity contribution in [2.75, 3.05) is 19.6 Å². The van der Waals surface area contributed by atoms with Crippen LogP contribution in [0.25, 0.3) is 0 Å². The topological polar surface area (TPSA) is 128 Å². The molecule has 0 saturated carbocycles. The maximum atomic E-state index is 11.4. The minimum absolute atomic E-state index is 0.0412. The number of aliphatic hydroxyl groups excluding tert-OH is 1. The first kappa shape index (κ1) is 12.4. The summed E-state index contributed by atoms with van der Waals surface area (Å²) in [6.45, 7) is -0.173. The first-order chi connectivity index (χ1) is 7.50. The molecule has 0 bridgehead atoms. The fourth-order valence-electron chi connectivity index (χ4n) is 1.16. The van der Waals surface area contributed by atoms with E-state index in [2.05, 4.69) is 16.0 Å². The number of hydrogen-bond acceptors (Lipinski definition) is 5. The van der Waals surface area contributed by atoms with E-state index in [4.69, 9.17) is 10.2 Å². The third kappa shape index (κ3) is 3.48. The zero-order valence-corrected chi connectivity index (χ0v) is 8.40. The average molecular weight is 231 g/mol. The second kappa shape index (κ2) is 5.42. The van der Waals surface area contributed by atoms with Gasteiger partial charge in [0, 0.05) is 6.54 Å². The van der Waals surface area contributed by atoms with Crippen LogP contribution in [0.15, 0.2) is 0 Å². The average Bonchev–Trinajstić information content (AvgIpc) is 2.26. The van der Waals surface area contributed by atoms with Gasteiger partial charge < -0.3 is 20.8 Å². The number of rotatable bonds is 4. The number of nitrogens with one attached hydrogen (secondary N) is 3. The minimum Gasteiger partial charge on any atom is -0.479 e. The van der Waals surface area contributed by atoms with Gasteiger partial charge in [-0.1, -0.05) is 0 Å². The molecule has 1 unspecified atom stereocenters.